The Kier molecular flexibility index (Phi) is 9.64. The summed E-state index contributed by atoms with van der Waals surface area (Å²) in [6, 6.07) is 4.73. The van der Waals surface area contributed by atoms with Crippen molar-refractivity contribution >= 4 is 17.7 Å². The van der Waals surface area contributed by atoms with Gasteiger partial charge in [-0.25, -0.2) is 13.2 Å². The van der Waals surface area contributed by atoms with Gasteiger partial charge in [0, 0.05) is 90.9 Å². The number of amides is 3. The van der Waals surface area contributed by atoms with Crippen LogP contribution in [0.3, 0.4) is 0 Å². The maximum absolute atomic E-state index is 14.4. The second-order valence-corrected chi connectivity index (χ2v) is 11.9. The van der Waals surface area contributed by atoms with Crippen LogP contribution in [-0.4, -0.2) is 90.3 Å². The van der Waals surface area contributed by atoms with E-state index in [1.54, 1.807) is 16.7 Å². The molecule has 3 amide bonds. The molecule has 1 saturated carbocycles. The third kappa shape index (κ3) is 8.59. The fourth-order valence-corrected chi connectivity index (χ4v) is 5.81. The molecule has 3 aliphatic rings. The summed E-state index contributed by atoms with van der Waals surface area (Å²) in [6.45, 7) is 7.31. The van der Waals surface area contributed by atoms with Crippen molar-refractivity contribution in [2.45, 2.75) is 77.4 Å². The summed E-state index contributed by atoms with van der Waals surface area (Å²) < 4.78 is 47.3. The predicted molar refractivity (Wildman–Crippen MR) is 143 cm³/mol. The van der Waals surface area contributed by atoms with Crippen LogP contribution in [0.2, 0.25) is 0 Å². The van der Waals surface area contributed by atoms with E-state index in [0.717, 1.165) is 5.56 Å². The first-order chi connectivity index (χ1) is 18.9. The van der Waals surface area contributed by atoms with Crippen molar-refractivity contribution in [1.82, 2.24) is 20.0 Å². The maximum atomic E-state index is 14.4. The highest BCUT2D eigenvalue weighted by Crippen LogP contribution is 2.45. The molecule has 1 aromatic rings. The Labute approximate surface area is 234 Å². The number of nitrogens with one attached hydrogen (secondary N) is 1. The summed E-state index contributed by atoms with van der Waals surface area (Å²) in [6.07, 6.45) is 1.68. The molecule has 0 atom stereocenters. The van der Waals surface area contributed by atoms with E-state index in [4.69, 9.17) is 4.74 Å². The van der Waals surface area contributed by atoms with Gasteiger partial charge >= 0.3 is 0 Å². The van der Waals surface area contributed by atoms with E-state index in [2.05, 4.69) is 10.2 Å². The smallest absolute Gasteiger partial charge is 0.248 e. The zero-order chi connectivity index (χ0) is 28.9. The second kappa shape index (κ2) is 12.8. The minimum absolute atomic E-state index is 0.0545. The molecule has 4 rings (SSSR count). The SMILES string of the molecule is CC(=O)N1CCC(Oc2cc(F)cc(CN3CCN(C(=O)CNC(=O)CC4(C)CCC(F)(F)CC4)CC3)c2)CC1. The Balaban J connectivity index is 1.18. The van der Waals surface area contributed by atoms with Crippen molar-refractivity contribution < 1.29 is 32.3 Å². The van der Waals surface area contributed by atoms with Gasteiger partial charge in [0.25, 0.3) is 0 Å². The van der Waals surface area contributed by atoms with Gasteiger partial charge in [-0.3, -0.25) is 19.3 Å². The van der Waals surface area contributed by atoms with E-state index in [1.807, 2.05) is 13.0 Å². The van der Waals surface area contributed by atoms with Crippen LogP contribution >= 0.6 is 0 Å². The topological polar surface area (TPSA) is 82.2 Å². The van der Waals surface area contributed by atoms with Crippen LogP contribution in [-0.2, 0) is 20.9 Å². The fraction of sp³-hybridized carbons (Fsp3) is 0.690. The van der Waals surface area contributed by atoms with Crippen molar-refractivity contribution in [3.05, 3.63) is 29.6 Å². The molecule has 0 aromatic heterocycles. The molecule has 2 saturated heterocycles. The molecule has 0 unspecified atom stereocenters. The Morgan fingerprint density at radius 1 is 0.950 bits per heavy atom. The fourth-order valence-electron chi connectivity index (χ4n) is 5.81. The number of piperazine rings is 1. The minimum atomic E-state index is -2.64. The average Bonchev–Trinajstić information content (AvgIpc) is 2.90. The van der Waals surface area contributed by atoms with Gasteiger partial charge in [-0.2, -0.15) is 0 Å². The summed E-state index contributed by atoms with van der Waals surface area (Å²) >= 11 is 0. The molecule has 1 aliphatic carbocycles. The van der Waals surface area contributed by atoms with Gasteiger partial charge in [-0.1, -0.05) is 6.92 Å². The monoisotopic (exact) mass is 566 g/mol. The number of nitrogens with zero attached hydrogens (tertiary/aromatic N) is 3. The molecule has 0 bridgehead atoms. The van der Waals surface area contributed by atoms with Gasteiger partial charge in [0.15, 0.2) is 0 Å². The summed E-state index contributed by atoms with van der Waals surface area (Å²) in [4.78, 5) is 42.2. The van der Waals surface area contributed by atoms with E-state index >= 15 is 0 Å². The zero-order valence-corrected chi connectivity index (χ0v) is 23.5. The van der Waals surface area contributed by atoms with Crippen molar-refractivity contribution in [2.24, 2.45) is 5.41 Å². The number of ether oxygens (including phenoxy) is 1. The van der Waals surface area contributed by atoms with Crippen molar-refractivity contribution in [3.8, 4) is 5.75 Å². The predicted octanol–water partition coefficient (Wildman–Crippen LogP) is 3.58. The quantitative estimate of drug-likeness (QED) is 0.520. The summed E-state index contributed by atoms with van der Waals surface area (Å²) in [7, 11) is 0. The molecule has 0 spiro atoms. The van der Waals surface area contributed by atoms with Crippen LogP contribution in [0, 0.1) is 11.2 Å². The number of hydrogen-bond donors (Lipinski definition) is 1. The standard InChI is InChI=1S/C29H41F3N4O4/c1-21(37)35-9-3-24(4-10-35)40-25-16-22(15-23(30)17-25)20-34-11-13-36(14-12-34)27(39)19-33-26(38)18-28(2)5-7-29(31,32)8-6-28/h15-17,24H,3-14,18-20H2,1-2H3,(H,33,38). The Bertz CT molecular complexity index is 1060. The number of halogens is 3. The average molecular weight is 567 g/mol. The third-order valence-corrected chi connectivity index (χ3v) is 8.47. The highest BCUT2D eigenvalue weighted by atomic mass is 19.3. The Hall–Kier alpha value is -2.82. The van der Waals surface area contributed by atoms with Crippen LogP contribution in [0.1, 0.15) is 64.4 Å². The number of carbonyl (C=O) groups excluding carboxylic acids is 3. The highest BCUT2D eigenvalue weighted by Gasteiger charge is 2.41. The van der Waals surface area contributed by atoms with Gasteiger partial charge in [0.1, 0.15) is 17.7 Å². The molecule has 0 radical (unpaired) electrons. The third-order valence-electron chi connectivity index (χ3n) is 8.47. The molecular formula is C29H41F3N4O4. The molecule has 2 aliphatic heterocycles. The first-order valence-corrected chi connectivity index (χ1v) is 14.3. The molecule has 1 aromatic carbocycles. The molecular weight excluding hydrogens is 525 g/mol. The minimum Gasteiger partial charge on any atom is -0.490 e. The molecule has 8 nitrogen and oxygen atoms in total. The number of likely N-dealkylation sites (tertiary alicyclic amines) is 1. The second-order valence-electron chi connectivity index (χ2n) is 11.9. The molecule has 11 heteroatoms. The lowest BCUT2D eigenvalue weighted by Gasteiger charge is -2.37. The first-order valence-electron chi connectivity index (χ1n) is 14.3. The first kappa shape index (κ1) is 30.1. The number of hydrogen-bond acceptors (Lipinski definition) is 5. The Morgan fingerprint density at radius 3 is 2.23 bits per heavy atom. The van der Waals surface area contributed by atoms with Crippen LogP contribution in [0.5, 0.6) is 5.75 Å². The maximum Gasteiger partial charge on any atom is 0.248 e. The van der Waals surface area contributed by atoms with Crippen molar-refractivity contribution in [3.63, 3.8) is 0 Å². The Morgan fingerprint density at radius 2 is 1.60 bits per heavy atom. The number of carbonyl (C=O) groups is 3. The van der Waals surface area contributed by atoms with Gasteiger partial charge in [-0.15, -0.1) is 0 Å². The van der Waals surface area contributed by atoms with E-state index in [-0.39, 0.29) is 55.4 Å². The van der Waals surface area contributed by atoms with Crippen LogP contribution < -0.4 is 10.1 Å². The molecule has 40 heavy (non-hydrogen) atoms. The van der Waals surface area contributed by atoms with E-state index in [0.29, 0.717) is 77.2 Å². The van der Waals surface area contributed by atoms with Gasteiger partial charge < -0.3 is 19.9 Å². The normalized spacial score (nSPS) is 21.6. The number of piperidine rings is 1. The zero-order valence-electron chi connectivity index (χ0n) is 23.5. The van der Waals surface area contributed by atoms with Crippen molar-refractivity contribution in [1.29, 1.82) is 0 Å². The molecule has 222 valence electrons. The van der Waals surface area contributed by atoms with Gasteiger partial charge in [0.2, 0.25) is 23.6 Å². The van der Waals surface area contributed by atoms with E-state index in [9.17, 15) is 27.6 Å². The van der Waals surface area contributed by atoms with Crippen LogP contribution in [0.4, 0.5) is 13.2 Å². The lowest BCUT2D eigenvalue weighted by Crippen LogP contribution is -2.51. The summed E-state index contributed by atoms with van der Waals surface area (Å²) in [5.41, 5.74) is 0.326. The largest absolute Gasteiger partial charge is 0.490 e. The van der Waals surface area contributed by atoms with Gasteiger partial charge in [-0.05, 0) is 36.0 Å². The summed E-state index contributed by atoms with van der Waals surface area (Å²) in [5.74, 6) is -2.93. The van der Waals surface area contributed by atoms with Crippen LogP contribution in [0.25, 0.3) is 0 Å². The molecule has 2 heterocycles. The van der Waals surface area contributed by atoms with E-state index in [1.165, 1.54) is 12.1 Å². The number of rotatable bonds is 8. The lowest BCUT2D eigenvalue weighted by molar-refractivity contribution is -0.135. The molecule has 3 fully saturated rings. The van der Waals surface area contributed by atoms with Crippen molar-refractivity contribution in [2.75, 3.05) is 45.8 Å². The molecule has 1 N–H and O–H groups in total. The summed E-state index contributed by atoms with van der Waals surface area (Å²) in [5, 5.41) is 2.67. The highest BCUT2D eigenvalue weighted by molar-refractivity contribution is 5.85. The van der Waals surface area contributed by atoms with Crippen LogP contribution in [0.15, 0.2) is 18.2 Å². The van der Waals surface area contributed by atoms with Gasteiger partial charge in [0.05, 0.1) is 6.54 Å². The van der Waals surface area contributed by atoms with E-state index < -0.39 is 11.3 Å². The number of benzene rings is 1. The lowest BCUT2D eigenvalue weighted by atomic mass is 9.72. The number of alkyl halides is 2.